The van der Waals surface area contributed by atoms with Crippen molar-refractivity contribution in [1.29, 1.82) is 0 Å². The van der Waals surface area contributed by atoms with Gasteiger partial charge in [-0.3, -0.25) is 15.0 Å². The van der Waals surface area contributed by atoms with Gasteiger partial charge < -0.3 is 5.73 Å². The Labute approximate surface area is 81.0 Å². The second-order valence-electron chi connectivity index (χ2n) is 2.82. The van der Waals surface area contributed by atoms with E-state index in [9.17, 15) is 9.59 Å². The predicted octanol–water partition coefficient (Wildman–Crippen LogP) is -0.682. The number of hydrogen-bond acceptors (Lipinski definition) is 3. The van der Waals surface area contributed by atoms with Crippen LogP contribution in [0.1, 0.15) is 15.9 Å². The molecule has 0 heterocycles. The van der Waals surface area contributed by atoms with Gasteiger partial charge in [0.05, 0.1) is 6.42 Å². The lowest BCUT2D eigenvalue weighted by molar-refractivity contribution is -0.117. The number of benzene rings is 1. The van der Waals surface area contributed by atoms with E-state index in [0.717, 1.165) is 0 Å². The third-order valence-corrected chi connectivity index (χ3v) is 1.70. The van der Waals surface area contributed by atoms with Crippen molar-refractivity contribution in [2.45, 2.75) is 6.42 Å². The number of amides is 2. The molecule has 0 atom stereocenters. The summed E-state index contributed by atoms with van der Waals surface area (Å²) in [7, 11) is 0. The van der Waals surface area contributed by atoms with Crippen LogP contribution in [0.15, 0.2) is 24.3 Å². The Hall–Kier alpha value is -1.88. The molecule has 74 valence electrons. The average molecular weight is 193 g/mol. The highest BCUT2D eigenvalue weighted by Gasteiger charge is 2.04. The van der Waals surface area contributed by atoms with Crippen molar-refractivity contribution < 1.29 is 9.59 Å². The van der Waals surface area contributed by atoms with Crippen molar-refractivity contribution in [2.24, 2.45) is 11.6 Å². The molecule has 0 aromatic heterocycles. The molecule has 1 aromatic rings. The summed E-state index contributed by atoms with van der Waals surface area (Å²) in [6, 6.07) is 6.57. The summed E-state index contributed by atoms with van der Waals surface area (Å²) in [4.78, 5) is 21.7. The molecule has 0 saturated carbocycles. The van der Waals surface area contributed by atoms with E-state index in [0.29, 0.717) is 11.1 Å². The Kier molecular flexibility index (Phi) is 3.19. The minimum atomic E-state index is -0.435. The highest BCUT2D eigenvalue weighted by atomic mass is 16.2. The van der Waals surface area contributed by atoms with E-state index < -0.39 is 11.8 Å². The molecule has 5 nitrogen and oxygen atoms in total. The molecule has 0 radical (unpaired) electrons. The zero-order chi connectivity index (χ0) is 10.6. The number of carbonyl (C=O) groups is 2. The fourth-order valence-corrected chi connectivity index (χ4v) is 1.11. The van der Waals surface area contributed by atoms with Crippen LogP contribution < -0.4 is 17.0 Å². The third-order valence-electron chi connectivity index (χ3n) is 1.70. The minimum absolute atomic E-state index is 0.117. The molecule has 2 amide bonds. The largest absolute Gasteiger partial charge is 0.369 e. The topological polar surface area (TPSA) is 98.2 Å². The van der Waals surface area contributed by atoms with Gasteiger partial charge in [-0.2, -0.15) is 0 Å². The van der Waals surface area contributed by atoms with Crippen molar-refractivity contribution in [3.05, 3.63) is 35.4 Å². The first kappa shape index (κ1) is 10.2. The number of rotatable bonds is 3. The molecule has 0 fully saturated rings. The zero-order valence-electron chi connectivity index (χ0n) is 7.49. The smallest absolute Gasteiger partial charge is 0.265 e. The van der Waals surface area contributed by atoms with Crippen LogP contribution in [0.25, 0.3) is 0 Å². The maximum absolute atomic E-state index is 11.1. The molecular formula is C9H11N3O2. The van der Waals surface area contributed by atoms with Crippen molar-refractivity contribution in [3.63, 3.8) is 0 Å². The van der Waals surface area contributed by atoms with E-state index >= 15 is 0 Å². The van der Waals surface area contributed by atoms with Gasteiger partial charge in [-0.1, -0.05) is 12.1 Å². The number of nitrogens with two attached hydrogens (primary N) is 2. The Morgan fingerprint density at radius 3 is 2.64 bits per heavy atom. The van der Waals surface area contributed by atoms with Crippen LogP contribution in [0.4, 0.5) is 0 Å². The number of hydrazine groups is 1. The number of nitrogen functional groups attached to an aromatic ring is 1. The lowest BCUT2D eigenvalue weighted by Crippen LogP contribution is -2.30. The Morgan fingerprint density at radius 1 is 1.36 bits per heavy atom. The van der Waals surface area contributed by atoms with Crippen LogP contribution in [0, 0.1) is 0 Å². The first-order valence-electron chi connectivity index (χ1n) is 4.01. The number of carbonyl (C=O) groups excluding carboxylic acids is 2. The van der Waals surface area contributed by atoms with Crippen molar-refractivity contribution in [1.82, 2.24) is 5.43 Å². The predicted molar refractivity (Wildman–Crippen MR) is 51.0 cm³/mol. The molecule has 0 spiro atoms. The minimum Gasteiger partial charge on any atom is -0.369 e. The fourth-order valence-electron chi connectivity index (χ4n) is 1.11. The maximum atomic E-state index is 11.1. The van der Waals surface area contributed by atoms with Gasteiger partial charge >= 0.3 is 0 Å². The molecule has 0 unspecified atom stereocenters. The van der Waals surface area contributed by atoms with Crippen LogP contribution in [0.5, 0.6) is 0 Å². The quantitative estimate of drug-likeness (QED) is 0.337. The highest BCUT2D eigenvalue weighted by molar-refractivity contribution is 5.94. The second kappa shape index (κ2) is 4.38. The molecular weight excluding hydrogens is 182 g/mol. The first-order chi connectivity index (χ1) is 6.63. The molecule has 14 heavy (non-hydrogen) atoms. The average Bonchev–Trinajstić information content (AvgIpc) is 2.16. The normalized spacial score (nSPS) is 9.50. The van der Waals surface area contributed by atoms with Gasteiger partial charge in [0, 0.05) is 5.56 Å². The van der Waals surface area contributed by atoms with E-state index in [-0.39, 0.29) is 6.42 Å². The van der Waals surface area contributed by atoms with Crippen LogP contribution in [0.3, 0.4) is 0 Å². The number of nitrogens with one attached hydrogen (secondary N) is 1. The van der Waals surface area contributed by atoms with Gasteiger partial charge in [0.15, 0.2) is 0 Å². The van der Waals surface area contributed by atoms with Gasteiger partial charge in [-0.05, 0) is 17.7 Å². The summed E-state index contributed by atoms with van der Waals surface area (Å²) in [6.07, 6.45) is 0.117. The molecule has 5 N–H and O–H groups in total. The van der Waals surface area contributed by atoms with Gasteiger partial charge in [-0.15, -0.1) is 0 Å². The third kappa shape index (κ3) is 2.56. The summed E-state index contributed by atoms with van der Waals surface area (Å²) < 4.78 is 0. The van der Waals surface area contributed by atoms with Crippen LogP contribution >= 0.6 is 0 Å². The Bertz CT molecular complexity index is 363. The highest BCUT2D eigenvalue weighted by Crippen LogP contribution is 2.05. The fraction of sp³-hybridized carbons (Fsp3) is 0.111. The number of primary amides is 1. The SMILES string of the molecule is NNC(=O)c1cccc(CC(N)=O)c1. The summed E-state index contributed by atoms with van der Waals surface area (Å²) >= 11 is 0. The lowest BCUT2D eigenvalue weighted by atomic mass is 10.1. The van der Waals surface area contributed by atoms with Crippen molar-refractivity contribution >= 4 is 11.8 Å². The monoisotopic (exact) mass is 193 g/mol. The Balaban J connectivity index is 2.89. The molecule has 0 aliphatic carbocycles. The standard InChI is InChI=1S/C9H11N3O2/c10-8(13)5-6-2-1-3-7(4-6)9(14)12-11/h1-4H,5,11H2,(H2,10,13)(H,12,14). The van der Waals surface area contributed by atoms with E-state index in [1.165, 1.54) is 0 Å². The van der Waals surface area contributed by atoms with E-state index in [1.54, 1.807) is 24.3 Å². The lowest BCUT2D eigenvalue weighted by Gasteiger charge is -2.01. The zero-order valence-corrected chi connectivity index (χ0v) is 7.49. The van der Waals surface area contributed by atoms with E-state index in [2.05, 4.69) is 0 Å². The van der Waals surface area contributed by atoms with E-state index in [4.69, 9.17) is 11.6 Å². The molecule has 0 saturated heterocycles. The van der Waals surface area contributed by atoms with Gasteiger partial charge in [0.25, 0.3) is 5.91 Å². The van der Waals surface area contributed by atoms with Crippen LogP contribution in [0.2, 0.25) is 0 Å². The molecule has 1 rings (SSSR count). The summed E-state index contributed by atoms with van der Waals surface area (Å²) in [5, 5.41) is 0. The summed E-state index contributed by atoms with van der Waals surface area (Å²) in [6.45, 7) is 0. The maximum Gasteiger partial charge on any atom is 0.265 e. The van der Waals surface area contributed by atoms with Crippen molar-refractivity contribution in [3.8, 4) is 0 Å². The van der Waals surface area contributed by atoms with Gasteiger partial charge in [-0.25, -0.2) is 5.84 Å². The molecule has 0 bridgehead atoms. The van der Waals surface area contributed by atoms with Crippen molar-refractivity contribution in [2.75, 3.05) is 0 Å². The van der Waals surface area contributed by atoms with E-state index in [1.807, 2.05) is 5.43 Å². The molecule has 0 aliphatic rings. The van der Waals surface area contributed by atoms with Gasteiger partial charge in [0.2, 0.25) is 5.91 Å². The summed E-state index contributed by atoms with van der Waals surface area (Å²) in [5.41, 5.74) is 8.13. The van der Waals surface area contributed by atoms with Crippen LogP contribution in [-0.4, -0.2) is 11.8 Å². The number of hydrogen-bond donors (Lipinski definition) is 3. The first-order valence-corrected chi connectivity index (χ1v) is 4.01. The molecule has 1 aromatic carbocycles. The molecule has 5 heteroatoms. The second-order valence-corrected chi connectivity index (χ2v) is 2.82. The summed E-state index contributed by atoms with van der Waals surface area (Å²) in [5.74, 6) is 4.14. The van der Waals surface area contributed by atoms with Crippen LogP contribution in [-0.2, 0) is 11.2 Å². The Morgan fingerprint density at radius 2 is 2.07 bits per heavy atom. The van der Waals surface area contributed by atoms with Gasteiger partial charge in [0.1, 0.15) is 0 Å². The molecule has 0 aliphatic heterocycles.